The van der Waals surface area contributed by atoms with Gasteiger partial charge < -0.3 is 21.3 Å². The van der Waals surface area contributed by atoms with Crippen molar-refractivity contribution in [2.45, 2.75) is 19.5 Å². The van der Waals surface area contributed by atoms with Crippen molar-refractivity contribution >= 4 is 29.1 Å². The minimum absolute atomic E-state index is 0.0348. The molecular weight excluding hydrogens is 360 g/mol. The highest BCUT2D eigenvalue weighted by molar-refractivity contribution is 7.80. The van der Waals surface area contributed by atoms with E-state index in [4.69, 9.17) is 12.2 Å². The van der Waals surface area contributed by atoms with Gasteiger partial charge in [-0.25, -0.2) is 0 Å². The van der Waals surface area contributed by atoms with Gasteiger partial charge in [-0.05, 0) is 35.5 Å². The highest BCUT2D eigenvalue weighted by Crippen LogP contribution is 2.05. The number of carbonyl (C=O) groups excluding carboxylic acids is 2. The molecule has 0 saturated carbocycles. The Morgan fingerprint density at radius 2 is 1.59 bits per heavy atom. The van der Waals surface area contributed by atoms with Gasteiger partial charge in [0, 0.05) is 38.7 Å². The first kappa shape index (κ1) is 20.4. The van der Waals surface area contributed by atoms with Crippen molar-refractivity contribution in [3.63, 3.8) is 0 Å². The van der Waals surface area contributed by atoms with Gasteiger partial charge >= 0.3 is 0 Å². The van der Waals surface area contributed by atoms with Crippen LogP contribution < -0.4 is 21.3 Å². The summed E-state index contributed by atoms with van der Waals surface area (Å²) < 4.78 is 0. The average Bonchev–Trinajstić information content (AvgIpc) is 2.71. The molecule has 0 aliphatic heterocycles. The van der Waals surface area contributed by atoms with Crippen LogP contribution in [0, 0.1) is 0 Å². The summed E-state index contributed by atoms with van der Waals surface area (Å²) in [5, 5.41) is 12.0. The van der Waals surface area contributed by atoms with Gasteiger partial charge in [0.05, 0.1) is 0 Å². The maximum absolute atomic E-state index is 11.9. The molecular formula is C20H24N4O2S. The zero-order valence-corrected chi connectivity index (χ0v) is 16.1. The Bertz CT molecular complexity index is 781. The van der Waals surface area contributed by atoms with E-state index >= 15 is 0 Å². The maximum atomic E-state index is 11.9. The molecule has 0 aliphatic rings. The summed E-state index contributed by atoms with van der Waals surface area (Å²) in [7, 11) is 1.60. The lowest BCUT2D eigenvalue weighted by Crippen LogP contribution is -2.37. The summed E-state index contributed by atoms with van der Waals surface area (Å²) in [6, 6.07) is 17.1. The molecule has 0 aromatic heterocycles. The first-order chi connectivity index (χ1) is 13.1. The molecule has 0 heterocycles. The first-order valence-corrected chi connectivity index (χ1v) is 9.12. The Balaban J connectivity index is 1.64. The number of thiocarbonyl (C=S) groups is 1. The zero-order valence-electron chi connectivity index (χ0n) is 15.2. The molecule has 2 rings (SSSR count). The van der Waals surface area contributed by atoms with Gasteiger partial charge in [-0.1, -0.05) is 42.5 Å². The molecule has 142 valence electrons. The van der Waals surface area contributed by atoms with Crippen molar-refractivity contribution in [2.24, 2.45) is 0 Å². The van der Waals surface area contributed by atoms with E-state index in [-0.39, 0.29) is 11.8 Å². The minimum Gasteiger partial charge on any atom is -0.362 e. The SMILES string of the molecule is CNC(=O)c1cccc(CNC(=S)NCCC(=O)NCc2ccccc2)c1. The molecule has 2 aromatic rings. The van der Waals surface area contributed by atoms with E-state index in [9.17, 15) is 9.59 Å². The van der Waals surface area contributed by atoms with E-state index in [2.05, 4.69) is 21.3 Å². The Morgan fingerprint density at radius 1 is 0.889 bits per heavy atom. The summed E-state index contributed by atoms with van der Waals surface area (Å²) >= 11 is 5.22. The molecule has 2 aromatic carbocycles. The Morgan fingerprint density at radius 3 is 2.33 bits per heavy atom. The average molecular weight is 385 g/mol. The summed E-state index contributed by atoms with van der Waals surface area (Å²) in [6.45, 7) is 1.46. The number of nitrogens with one attached hydrogen (secondary N) is 4. The van der Waals surface area contributed by atoms with Crippen LogP contribution in [0.15, 0.2) is 54.6 Å². The van der Waals surface area contributed by atoms with E-state index in [1.54, 1.807) is 13.1 Å². The molecule has 0 radical (unpaired) electrons. The number of carbonyl (C=O) groups is 2. The predicted molar refractivity (Wildman–Crippen MR) is 110 cm³/mol. The van der Waals surface area contributed by atoms with Crippen LogP contribution in [0.1, 0.15) is 27.9 Å². The number of benzene rings is 2. The third-order valence-electron chi connectivity index (χ3n) is 3.84. The molecule has 0 bridgehead atoms. The van der Waals surface area contributed by atoms with Crippen LogP contribution in [0.3, 0.4) is 0 Å². The highest BCUT2D eigenvalue weighted by Gasteiger charge is 2.05. The van der Waals surface area contributed by atoms with Crippen LogP contribution in [0.5, 0.6) is 0 Å². The second-order valence-electron chi connectivity index (χ2n) is 5.90. The van der Waals surface area contributed by atoms with Crippen LogP contribution in [0.2, 0.25) is 0 Å². The van der Waals surface area contributed by atoms with E-state index in [1.807, 2.05) is 48.5 Å². The molecule has 27 heavy (non-hydrogen) atoms. The summed E-state index contributed by atoms with van der Waals surface area (Å²) in [6.07, 6.45) is 0.334. The van der Waals surface area contributed by atoms with Crippen LogP contribution in [-0.4, -0.2) is 30.5 Å². The zero-order chi connectivity index (χ0) is 19.5. The van der Waals surface area contributed by atoms with Crippen molar-refractivity contribution in [1.82, 2.24) is 21.3 Å². The van der Waals surface area contributed by atoms with E-state index < -0.39 is 0 Å². The van der Waals surface area contributed by atoms with Gasteiger partial charge in [-0.15, -0.1) is 0 Å². The van der Waals surface area contributed by atoms with Crippen LogP contribution in [0.25, 0.3) is 0 Å². The second kappa shape index (κ2) is 10.9. The monoisotopic (exact) mass is 384 g/mol. The molecule has 0 spiro atoms. The van der Waals surface area contributed by atoms with Gasteiger partial charge in [0.1, 0.15) is 0 Å². The van der Waals surface area contributed by atoms with Crippen molar-refractivity contribution < 1.29 is 9.59 Å². The number of amides is 2. The van der Waals surface area contributed by atoms with Gasteiger partial charge in [-0.3, -0.25) is 9.59 Å². The molecule has 0 fully saturated rings. The fourth-order valence-electron chi connectivity index (χ4n) is 2.39. The highest BCUT2D eigenvalue weighted by atomic mass is 32.1. The fraction of sp³-hybridized carbons (Fsp3) is 0.250. The topological polar surface area (TPSA) is 82.3 Å². The molecule has 6 nitrogen and oxygen atoms in total. The predicted octanol–water partition coefficient (Wildman–Crippen LogP) is 1.72. The normalized spacial score (nSPS) is 9.96. The standard InChI is InChI=1S/C20H24N4O2S/c1-21-19(26)17-9-5-8-16(12-17)14-24-20(27)22-11-10-18(25)23-13-15-6-3-2-4-7-15/h2-9,12H,10-11,13-14H2,1H3,(H,21,26)(H,23,25)(H2,22,24,27). The smallest absolute Gasteiger partial charge is 0.251 e. The minimum atomic E-state index is -0.126. The number of hydrogen-bond donors (Lipinski definition) is 4. The third-order valence-corrected chi connectivity index (χ3v) is 4.13. The van der Waals surface area contributed by atoms with Crippen molar-refractivity contribution in [2.75, 3.05) is 13.6 Å². The number of hydrogen-bond acceptors (Lipinski definition) is 3. The molecule has 0 aliphatic carbocycles. The maximum Gasteiger partial charge on any atom is 0.251 e. The van der Waals surface area contributed by atoms with Gasteiger partial charge in [0.2, 0.25) is 5.91 Å². The largest absolute Gasteiger partial charge is 0.362 e. The lowest BCUT2D eigenvalue weighted by atomic mass is 10.1. The number of rotatable bonds is 8. The Hall–Kier alpha value is -2.93. The fourth-order valence-corrected chi connectivity index (χ4v) is 2.56. The van der Waals surface area contributed by atoms with Gasteiger partial charge in [0.15, 0.2) is 5.11 Å². The van der Waals surface area contributed by atoms with E-state index in [1.165, 1.54) is 0 Å². The van der Waals surface area contributed by atoms with Crippen molar-refractivity contribution in [1.29, 1.82) is 0 Å². The lowest BCUT2D eigenvalue weighted by Gasteiger charge is -2.11. The Labute approximate surface area is 164 Å². The van der Waals surface area contributed by atoms with E-state index in [0.29, 0.717) is 36.7 Å². The van der Waals surface area contributed by atoms with Crippen LogP contribution in [0.4, 0.5) is 0 Å². The molecule has 7 heteroatoms. The third kappa shape index (κ3) is 7.45. The molecule has 2 amide bonds. The molecule has 0 unspecified atom stereocenters. The molecule has 0 atom stereocenters. The molecule has 4 N–H and O–H groups in total. The van der Waals surface area contributed by atoms with Crippen molar-refractivity contribution in [3.8, 4) is 0 Å². The second-order valence-corrected chi connectivity index (χ2v) is 6.31. The first-order valence-electron chi connectivity index (χ1n) is 8.72. The summed E-state index contributed by atoms with van der Waals surface area (Å²) in [4.78, 5) is 23.5. The summed E-state index contributed by atoms with van der Waals surface area (Å²) in [5.41, 5.74) is 2.61. The lowest BCUT2D eigenvalue weighted by molar-refractivity contribution is -0.121. The van der Waals surface area contributed by atoms with Crippen LogP contribution >= 0.6 is 12.2 Å². The molecule has 0 saturated heterocycles. The van der Waals surface area contributed by atoms with Crippen molar-refractivity contribution in [3.05, 3.63) is 71.3 Å². The van der Waals surface area contributed by atoms with Crippen LogP contribution in [-0.2, 0) is 17.9 Å². The van der Waals surface area contributed by atoms with E-state index in [0.717, 1.165) is 11.1 Å². The Kier molecular flexibility index (Phi) is 8.25. The summed E-state index contributed by atoms with van der Waals surface area (Å²) in [5.74, 6) is -0.161. The quantitative estimate of drug-likeness (QED) is 0.521. The van der Waals surface area contributed by atoms with Gasteiger partial charge in [0.25, 0.3) is 5.91 Å². The van der Waals surface area contributed by atoms with Gasteiger partial charge in [-0.2, -0.15) is 0 Å².